The highest BCUT2D eigenvalue weighted by Gasteiger charge is 2.15. The zero-order valence-electron chi connectivity index (χ0n) is 17.6. The third kappa shape index (κ3) is 4.61. The predicted octanol–water partition coefficient (Wildman–Crippen LogP) is 2.43. The van der Waals surface area contributed by atoms with Gasteiger partial charge in [-0.15, -0.1) is 0 Å². The van der Waals surface area contributed by atoms with E-state index in [4.69, 9.17) is 0 Å². The number of carbonyl (C=O) groups is 1. The summed E-state index contributed by atoms with van der Waals surface area (Å²) in [5, 5.41) is 18.2. The highest BCUT2D eigenvalue weighted by Crippen LogP contribution is 2.19. The molecular formula is C22H19FN6O4. The number of hydrogen-bond donors (Lipinski definition) is 1. The highest BCUT2D eigenvalue weighted by molar-refractivity contribution is 5.95. The van der Waals surface area contributed by atoms with Gasteiger partial charge in [-0.3, -0.25) is 24.3 Å². The molecule has 4 aromatic rings. The van der Waals surface area contributed by atoms with Gasteiger partial charge in [0.1, 0.15) is 17.5 Å². The van der Waals surface area contributed by atoms with Crippen molar-refractivity contribution in [1.29, 1.82) is 0 Å². The number of aromatic nitrogens is 4. The third-order valence-corrected chi connectivity index (χ3v) is 5.14. The fraction of sp³-hybridized carbons (Fsp3) is 0.182. The van der Waals surface area contributed by atoms with Gasteiger partial charge in [-0.25, -0.2) is 14.1 Å². The van der Waals surface area contributed by atoms with Crippen molar-refractivity contribution < 1.29 is 14.1 Å². The molecule has 4 rings (SSSR count). The van der Waals surface area contributed by atoms with Crippen LogP contribution in [0, 0.1) is 22.9 Å². The number of halogens is 1. The van der Waals surface area contributed by atoms with E-state index in [9.17, 15) is 24.1 Å². The maximum atomic E-state index is 13.4. The van der Waals surface area contributed by atoms with Crippen LogP contribution in [0.4, 0.5) is 10.1 Å². The fourth-order valence-corrected chi connectivity index (χ4v) is 3.43. The normalized spacial score (nSPS) is 11.0. The molecule has 0 saturated carbocycles. The summed E-state index contributed by atoms with van der Waals surface area (Å²) in [5.41, 5.74) is 1.19. The lowest BCUT2D eigenvalue weighted by Gasteiger charge is -2.08. The Morgan fingerprint density at radius 3 is 2.82 bits per heavy atom. The topological polar surface area (TPSA) is 125 Å². The largest absolute Gasteiger partial charge is 0.350 e. The Hall–Kier alpha value is -4.41. The van der Waals surface area contributed by atoms with Gasteiger partial charge in [0.25, 0.3) is 17.2 Å². The van der Waals surface area contributed by atoms with E-state index in [-0.39, 0.29) is 42.3 Å². The monoisotopic (exact) mass is 450 g/mol. The molecule has 0 unspecified atom stereocenters. The molecule has 10 nitrogen and oxygen atoms in total. The lowest BCUT2D eigenvalue weighted by Crippen LogP contribution is -2.28. The van der Waals surface area contributed by atoms with Crippen molar-refractivity contribution in [2.45, 2.75) is 20.0 Å². The molecule has 1 amide bonds. The van der Waals surface area contributed by atoms with Crippen LogP contribution < -0.4 is 10.9 Å². The molecule has 168 valence electrons. The first kappa shape index (κ1) is 21.8. The Bertz CT molecular complexity index is 1430. The lowest BCUT2D eigenvalue weighted by atomic mass is 10.1. The van der Waals surface area contributed by atoms with Crippen LogP contribution in [0.2, 0.25) is 0 Å². The van der Waals surface area contributed by atoms with Crippen LogP contribution in [-0.4, -0.2) is 36.7 Å². The summed E-state index contributed by atoms with van der Waals surface area (Å²) in [4.78, 5) is 40.0. The lowest BCUT2D eigenvalue weighted by molar-refractivity contribution is -0.385. The molecule has 0 spiro atoms. The van der Waals surface area contributed by atoms with Gasteiger partial charge >= 0.3 is 0 Å². The van der Waals surface area contributed by atoms with Crippen molar-refractivity contribution in [3.05, 3.63) is 98.0 Å². The van der Waals surface area contributed by atoms with Gasteiger partial charge in [-0.2, -0.15) is 5.10 Å². The van der Waals surface area contributed by atoms with Crippen LogP contribution in [0.15, 0.2) is 59.8 Å². The summed E-state index contributed by atoms with van der Waals surface area (Å²) in [6.07, 6.45) is 2.77. The zero-order valence-corrected chi connectivity index (χ0v) is 17.6. The molecule has 2 heterocycles. The number of fused-ring (bicyclic) bond motifs is 1. The highest BCUT2D eigenvalue weighted by atomic mass is 19.1. The number of nitrogens with zero attached hydrogens (tertiary/aromatic N) is 5. The molecule has 0 bridgehead atoms. The first-order valence-electron chi connectivity index (χ1n) is 10.0. The average Bonchev–Trinajstić information content (AvgIpc) is 3.19. The minimum atomic E-state index is -0.533. The third-order valence-electron chi connectivity index (χ3n) is 5.14. The Labute approximate surface area is 186 Å². The molecule has 0 fully saturated rings. The van der Waals surface area contributed by atoms with Crippen molar-refractivity contribution >= 4 is 22.6 Å². The van der Waals surface area contributed by atoms with Gasteiger partial charge < -0.3 is 5.32 Å². The molecule has 2 aromatic heterocycles. The quantitative estimate of drug-likeness (QED) is 0.341. The first-order chi connectivity index (χ1) is 15.8. The van der Waals surface area contributed by atoms with Crippen LogP contribution in [-0.2, 0) is 13.1 Å². The van der Waals surface area contributed by atoms with E-state index in [0.29, 0.717) is 22.2 Å². The number of nitrogens with one attached hydrogen (secondary N) is 1. The SMILES string of the molecule is Cc1ccc(C(=O)NCCn2ncc3c(=O)n(Cc4cccc(F)c4)cnc32)cc1[N+](=O)[O-]. The predicted molar refractivity (Wildman–Crippen MR) is 117 cm³/mol. The Kier molecular flexibility index (Phi) is 5.94. The summed E-state index contributed by atoms with van der Waals surface area (Å²) < 4.78 is 16.3. The molecule has 0 aliphatic carbocycles. The second kappa shape index (κ2) is 8.99. The Morgan fingerprint density at radius 2 is 2.06 bits per heavy atom. The zero-order chi connectivity index (χ0) is 23.5. The number of nitro benzene ring substituents is 1. The summed E-state index contributed by atoms with van der Waals surface area (Å²) >= 11 is 0. The first-order valence-corrected chi connectivity index (χ1v) is 10.0. The van der Waals surface area contributed by atoms with Gasteiger partial charge in [-0.05, 0) is 30.7 Å². The minimum Gasteiger partial charge on any atom is -0.350 e. The molecular weight excluding hydrogens is 431 g/mol. The van der Waals surface area contributed by atoms with Crippen molar-refractivity contribution in [2.75, 3.05) is 6.54 Å². The molecule has 33 heavy (non-hydrogen) atoms. The van der Waals surface area contributed by atoms with Gasteiger partial charge in [-0.1, -0.05) is 18.2 Å². The molecule has 0 aliphatic rings. The van der Waals surface area contributed by atoms with Crippen LogP contribution in [0.3, 0.4) is 0 Å². The molecule has 0 saturated heterocycles. The van der Waals surface area contributed by atoms with E-state index < -0.39 is 10.8 Å². The summed E-state index contributed by atoms with van der Waals surface area (Å²) in [7, 11) is 0. The van der Waals surface area contributed by atoms with E-state index in [1.165, 1.54) is 52.1 Å². The number of rotatable bonds is 7. The molecule has 0 radical (unpaired) electrons. The van der Waals surface area contributed by atoms with Crippen molar-refractivity contribution in [3.8, 4) is 0 Å². The Balaban J connectivity index is 1.45. The fourth-order valence-electron chi connectivity index (χ4n) is 3.43. The molecule has 0 atom stereocenters. The van der Waals surface area contributed by atoms with Crippen molar-refractivity contribution in [3.63, 3.8) is 0 Å². The molecule has 11 heteroatoms. The second-order valence-electron chi connectivity index (χ2n) is 7.43. The van der Waals surface area contributed by atoms with Crippen LogP contribution in [0.25, 0.3) is 11.0 Å². The smallest absolute Gasteiger partial charge is 0.273 e. The number of amides is 1. The summed E-state index contributed by atoms with van der Waals surface area (Å²) in [5.74, 6) is -0.843. The average molecular weight is 450 g/mol. The Morgan fingerprint density at radius 1 is 1.24 bits per heavy atom. The summed E-state index contributed by atoms with van der Waals surface area (Å²) in [6, 6.07) is 10.2. The number of hydrogen-bond acceptors (Lipinski definition) is 6. The van der Waals surface area contributed by atoms with Gasteiger partial charge in [0.05, 0.1) is 24.2 Å². The number of nitro groups is 1. The second-order valence-corrected chi connectivity index (χ2v) is 7.43. The molecule has 0 aliphatic heterocycles. The van der Waals surface area contributed by atoms with E-state index in [2.05, 4.69) is 15.4 Å². The van der Waals surface area contributed by atoms with Crippen molar-refractivity contribution in [2.24, 2.45) is 0 Å². The standard InChI is InChI=1S/C22H19FN6O4/c1-14-5-6-16(10-19(14)29(32)33)21(30)24-7-8-28-20-18(11-26-28)22(31)27(13-25-20)12-15-3-2-4-17(23)9-15/h2-6,9-11,13H,7-8,12H2,1H3,(H,24,30). The molecule has 1 N–H and O–H groups in total. The minimum absolute atomic E-state index is 0.126. The van der Waals surface area contributed by atoms with Gasteiger partial charge in [0, 0.05) is 23.7 Å². The van der Waals surface area contributed by atoms with Crippen LogP contribution in [0.5, 0.6) is 0 Å². The maximum Gasteiger partial charge on any atom is 0.273 e. The van der Waals surface area contributed by atoms with Crippen LogP contribution in [0.1, 0.15) is 21.5 Å². The number of carbonyl (C=O) groups excluding carboxylic acids is 1. The van der Waals surface area contributed by atoms with Gasteiger partial charge in [0.15, 0.2) is 5.65 Å². The van der Waals surface area contributed by atoms with E-state index >= 15 is 0 Å². The van der Waals surface area contributed by atoms with E-state index in [1.54, 1.807) is 19.1 Å². The van der Waals surface area contributed by atoms with E-state index in [1.807, 2.05) is 0 Å². The van der Waals surface area contributed by atoms with Crippen LogP contribution >= 0.6 is 0 Å². The maximum absolute atomic E-state index is 13.4. The van der Waals surface area contributed by atoms with Crippen molar-refractivity contribution in [1.82, 2.24) is 24.6 Å². The number of benzene rings is 2. The van der Waals surface area contributed by atoms with Gasteiger partial charge in [0.2, 0.25) is 0 Å². The number of aryl methyl sites for hydroxylation is 1. The van der Waals surface area contributed by atoms with E-state index in [0.717, 1.165) is 0 Å². The summed E-state index contributed by atoms with van der Waals surface area (Å²) in [6.45, 7) is 2.18. The molecule has 2 aromatic carbocycles.